The maximum absolute atomic E-state index is 12.8. The molecule has 0 aromatic heterocycles. The minimum absolute atomic E-state index is 0.202. The Morgan fingerprint density at radius 3 is 2.32 bits per heavy atom. The van der Waals surface area contributed by atoms with Gasteiger partial charge in [-0.2, -0.15) is 0 Å². The van der Waals surface area contributed by atoms with Gasteiger partial charge in [0.2, 0.25) is 0 Å². The number of carbonyl (C=O) groups is 2. The Bertz CT molecular complexity index is 1210. The van der Waals surface area contributed by atoms with Crippen molar-refractivity contribution in [1.82, 2.24) is 4.90 Å². The summed E-state index contributed by atoms with van der Waals surface area (Å²) in [6.07, 6.45) is 0.209. The number of carboxylic acid groups (broad SMARTS) is 1. The first-order valence-corrected chi connectivity index (χ1v) is 10.6. The lowest BCUT2D eigenvalue weighted by Crippen LogP contribution is -2.38. The van der Waals surface area contributed by atoms with Gasteiger partial charge in [0.25, 0.3) is 11.0 Å². The van der Waals surface area contributed by atoms with E-state index in [4.69, 9.17) is 4.74 Å². The van der Waals surface area contributed by atoms with E-state index in [1.165, 1.54) is 4.90 Å². The molecule has 178 valence electrons. The van der Waals surface area contributed by atoms with E-state index in [0.717, 1.165) is 16.5 Å². The summed E-state index contributed by atoms with van der Waals surface area (Å²) in [4.78, 5) is 41.2. The largest absolute Gasteiger partial charge is 0.497 e. The van der Waals surface area contributed by atoms with Crippen LogP contribution >= 0.6 is 0 Å². The van der Waals surface area contributed by atoms with Crippen molar-refractivity contribution in [1.29, 1.82) is 0 Å². The standard InChI is InChI=1S/C25H26N2O7/c1-25(24(29)30,21-10-8-20-15-22(33-3)11-9-19(20)14-21)12-13-26(2)23(28)18-6-4-17(5-7-18)16-34-27(31)32/h4-11,14-15H,12-13,16H2,1-3H3,(H,29,30)/t25-/m0/s1. The molecule has 0 unspecified atom stereocenters. The first-order chi connectivity index (χ1) is 16.1. The van der Waals surface area contributed by atoms with Crippen molar-refractivity contribution in [3.63, 3.8) is 0 Å². The van der Waals surface area contributed by atoms with E-state index in [-0.39, 0.29) is 25.5 Å². The maximum Gasteiger partial charge on any atom is 0.313 e. The Labute approximate surface area is 196 Å². The SMILES string of the molecule is COc1ccc2cc([C@](C)(CCN(C)C(=O)c3ccc(CO[N+](=O)[O-])cc3)C(=O)O)ccc2c1. The van der Waals surface area contributed by atoms with Crippen LogP contribution in [-0.4, -0.2) is 47.7 Å². The molecular formula is C25H26N2O7. The van der Waals surface area contributed by atoms with Crippen LogP contribution in [0.3, 0.4) is 0 Å². The number of carboxylic acids is 1. The number of rotatable bonds is 10. The second-order valence-corrected chi connectivity index (χ2v) is 8.24. The van der Waals surface area contributed by atoms with Gasteiger partial charge in [-0.1, -0.05) is 36.4 Å². The number of ether oxygens (including phenoxy) is 1. The molecule has 0 bridgehead atoms. The molecule has 1 amide bonds. The summed E-state index contributed by atoms with van der Waals surface area (Å²) in [6.45, 7) is 1.67. The van der Waals surface area contributed by atoms with Gasteiger partial charge in [-0.3, -0.25) is 9.59 Å². The van der Waals surface area contributed by atoms with Crippen molar-refractivity contribution in [2.45, 2.75) is 25.4 Å². The molecule has 0 aliphatic heterocycles. The molecule has 1 atom stereocenters. The third kappa shape index (κ3) is 5.43. The van der Waals surface area contributed by atoms with Gasteiger partial charge >= 0.3 is 5.97 Å². The van der Waals surface area contributed by atoms with Gasteiger partial charge < -0.3 is 19.6 Å². The number of fused-ring (bicyclic) bond motifs is 1. The van der Waals surface area contributed by atoms with Gasteiger partial charge in [0, 0.05) is 19.2 Å². The maximum atomic E-state index is 12.8. The Balaban J connectivity index is 1.73. The highest BCUT2D eigenvalue weighted by atomic mass is 16.9. The number of carbonyl (C=O) groups excluding carboxylic acids is 1. The van der Waals surface area contributed by atoms with Gasteiger partial charge in [0.05, 0.1) is 12.5 Å². The zero-order valence-electron chi connectivity index (χ0n) is 19.2. The van der Waals surface area contributed by atoms with Crippen LogP contribution in [0.15, 0.2) is 60.7 Å². The predicted octanol–water partition coefficient (Wildman–Crippen LogP) is 4.06. The molecule has 1 N–H and O–H groups in total. The molecule has 0 saturated heterocycles. The number of amides is 1. The average molecular weight is 466 g/mol. The number of hydrogen-bond donors (Lipinski definition) is 1. The minimum atomic E-state index is -1.20. The Morgan fingerprint density at radius 1 is 1.06 bits per heavy atom. The first-order valence-electron chi connectivity index (χ1n) is 10.6. The van der Waals surface area contributed by atoms with Crippen LogP contribution in [0.25, 0.3) is 10.8 Å². The number of methoxy groups -OCH3 is 1. The minimum Gasteiger partial charge on any atom is -0.497 e. The molecule has 9 nitrogen and oxygen atoms in total. The third-order valence-electron chi connectivity index (χ3n) is 5.99. The lowest BCUT2D eigenvalue weighted by Gasteiger charge is -2.28. The van der Waals surface area contributed by atoms with Crippen LogP contribution in [0.1, 0.15) is 34.8 Å². The fourth-order valence-corrected chi connectivity index (χ4v) is 3.65. The molecule has 3 aromatic rings. The van der Waals surface area contributed by atoms with Crippen molar-refractivity contribution in [2.24, 2.45) is 0 Å². The molecule has 0 fully saturated rings. The molecule has 3 rings (SSSR count). The van der Waals surface area contributed by atoms with E-state index < -0.39 is 16.5 Å². The number of nitrogens with zero attached hydrogens (tertiary/aromatic N) is 2. The monoisotopic (exact) mass is 466 g/mol. The van der Waals surface area contributed by atoms with E-state index in [1.807, 2.05) is 30.3 Å². The second-order valence-electron chi connectivity index (χ2n) is 8.24. The van der Waals surface area contributed by atoms with Crippen molar-refractivity contribution in [3.8, 4) is 5.75 Å². The summed E-state index contributed by atoms with van der Waals surface area (Å²) in [7, 11) is 3.20. The molecule has 3 aromatic carbocycles. The van der Waals surface area contributed by atoms with Crippen LogP contribution in [0.2, 0.25) is 0 Å². The molecule has 0 heterocycles. The normalized spacial score (nSPS) is 12.6. The summed E-state index contributed by atoms with van der Waals surface area (Å²) in [6, 6.07) is 17.4. The molecule has 0 aliphatic rings. The summed E-state index contributed by atoms with van der Waals surface area (Å²) in [5.74, 6) is -0.531. The van der Waals surface area contributed by atoms with E-state index in [0.29, 0.717) is 16.7 Å². The average Bonchev–Trinajstić information content (AvgIpc) is 2.84. The highest BCUT2D eigenvalue weighted by Gasteiger charge is 2.35. The highest BCUT2D eigenvalue weighted by Crippen LogP contribution is 2.32. The van der Waals surface area contributed by atoms with Crippen LogP contribution in [0.4, 0.5) is 0 Å². The van der Waals surface area contributed by atoms with E-state index in [1.54, 1.807) is 51.4 Å². The van der Waals surface area contributed by atoms with Crippen LogP contribution < -0.4 is 4.74 Å². The van der Waals surface area contributed by atoms with Crippen molar-refractivity contribution in [3.05, 3.63) is 87.5 Å². The number of benzene rings is 3. The lowest BCUT2D eigenvalue weighted by atomic mass is 9.78. The molecule has 0 spiro atoms. The predicted molar refractivity (Wildman–Crippen MR) is 125 cm³/mol. The summed E-state index contributed by atoms with van der Waals surface area (Å²) < 4.78 is 5.25. The fourth-order valence-electron chi connectivity index (χ4n) is 3.65. The Hall–Kier alpha value is -4.14. The van der Waals surface area contributed by atoms with Crippen LogP contribution in [-0.2, 0) is 21.7 Å². The smallest absolute Gasteiger partial charge is 0.313 e. The van der Waals surface area contributed by atoms with Crippen molar-refractivity contribution < 1.29 is 29.4 Å². The molecule has 0 aliphatic carbocycles. The molecule has 9 heteroatoms. The molecular weight excluding hydrogens is 440 g/mol. The first kappa shape index (κ1) is 24.5. The zero-order chi connectivity index (χ0) is 24.9. The Kier molecular flexibility index (Phi) is 7.35. The number of aliphatic carboxylic acids is 1. The quantitative estimate of drug-likeness (QED) is 0.353. The van der Waals surface area contributed by atoms with E-state index in [2.05, 4.69) is 4.84 Å². The fraction of sp³-hybridized carbons (Fsp3) is 0.280. The summed E-state index contributed by atoms with van der Waals surface area (Å²) >= 11 is 0. The topological polar surface area (TPSA) is 119 Å². The van der Waals surface area contributed by atoms with Gasteiger partial charge in [-0.05, 0) is 59.5 Å². The Morgan fingerprint density at radius 2 is 1.71 bits per heavy atom. The van der Waals surface area contributed by atoms with E-state index >= 15 is 0 Å². The lowest BCUT2D eigenvalue weighted by molar-refractivity contribution is -0.763. The number of hydrogen-bond acceptors (Lipinski definition) is 6. The highest BCUT2D eigenvalue weighted by molar-refractivity contribution is 5.94. The van der Waals surface area contributed by atoms with Crippen molar-refractivity contribution in [2.75, 3.05) is 20.7 Å². The third-order valence-corrected chi connectivity index (χ3v) is 5.99. The van der Waals surface area contributed by atoms with Gasteiger partial charge in [-0.25, -0.2) is 0 Å². The molecule has 0 radical (unpaired) electrons. The van der Waals surface area contributed by atoms with E-state index in [9.17, 15) is 24.8 Å². The van der Waals surface area contributed by atoms with Gasteiger partial charge in [-0.15, -0.1) is 10.1 Å². The van der Waals surface area contributed by atoms with Crippen molar-refractivity contribution >= 4 is 22.6 Å². The zero-order valence-corrected chi connectivity index (χ0v) is 19.2. The summed E-state index contributed by atoms with van der Waals surface area (Å²) in [5, 5.41) is 21.3. The molecule has 34 heavy (non-hydrogen) atoms. The van der Waals surface area contributed by atoms with Gasteiger partial charge in [0.1, 0.15) is 12.4 Å². The molecule has 0 saturated carbocycles. The van der Waals surface area contributed by atoms with Gasteiger partial charge in [0.15, 0.2) is 0 Å². The van der Waals surface area contributed by atoms with Crippen LogP contribution in [0, 0.1) is 10.1 Å². The summed E-state index contributed by atoms with van der Waals surface area (Å²) in [5.41, 5.74) is 0.396. The van der Waals surface area contributed by atoms with Crippen LogP contribution in [0.5, 0.6) is 5.75 Å². The second kappa shape index (κ2) is 10.2.